The van der Waals surface area contributed by atoms with E-state index in [-0.39, 0.29) is 24.4 Å². The van der Waals surface area contributed by atoms with Crippen LogP contribution in [0.1, 0.15) is 44.2 Å². The van der Waals surface area contributed by atoms with Crippen molar-refractivity contribution in [3.63, 3.8) is 0 Å². The van der Waals surface area contributed by atoms with Crippen LogP contribution in [-0.4, -0.2) is 64.6 Å². The number of carbonyl (C=O) groups excluding carboxylic acids is 1. The lowest BCUT2D eigenvalue weighted by Gasteiger charge is -2.39. The maximum atomic E-state index is 12.9. The van der Waals surface area contributed by atoms with Crippen LogP contribution >= 0.6 is 12.4 Å². The molecule has 1 aromatic carbocycles. The Morgan fingerprint density at radius 2 is 1.90 bits per heavy atom. The third kappa shape index (κ3) is 5.02. The van der Waals surface area contributed by atoms with Crippen molar-refractivity contribution in [1.29, 1.82) is 0 Å². The Balaban J connectivity index is 0.00000256. The van der Waals surface area contributed by atoms with Crippen LogP contribution in [0.5, 0.6) is 0 Å². The first kappa shape index (κ1) is 22.7. The number of nitrogens with zero attached hydrogens (tertiary/aromatic N) is 4. The maximum Gasteiger partial charge on any atom is 0.244 e. The lowest BCUT2D eigenvalue weighted by atomic mass is 9.92. The summed E-state index contributed by atoms with van der Waals surface area (Å²) in [6, 6.07) is 8.60. The highest BCUT2D eigenvalue weighted by Gasteiger charge is 2.32. The van der Waals surface area contributed by atoms with Crippen molar-refractivity contribution < 1.29 is 9.32 Å². The molecule has 0 spiro atoms. The van der Waals surface area contributed by atoms with E-state index in [1.165, 1.54) is 5.56 Å². The highest BCUT2D eigenvalue weighted by Crippen LogP contribution is 2.25. The summed E-state index contributed by atoms with van der Waals surface area (Å²) >= 11 is 0. The maximum absolute atomic E-state index is 12.9. The number of piperidine rings is 1. The second-order valence-electron chi connectivity index (χ2n) is 8.44. The van der Waals surface area contributed by atoms with Crippen LogP contribution < -0.4 is 5.32 Å². The van der Waals surface area contributed by atoms with Crippen LogP contribution in [0.25, 0.3) is 11.4 Å². The minimum absolute atomic E-state index is 0. The monoisotopic (exact) mass is 433 g/mol. The van der Waals surface area contributed by atoms with E-state index in [2.05, 4.69) is 41.1 Å². The number of piperazine rings is 1. The van der Waals surface area contributed by atoms with Crippen LogP contribution in [0.15, 0.2) is 28.8 Å². The Morgan fingerprint density at radius 3 is 2.57 bits per heavy atom. The van der Waals surface area contributed by atoms with Gasteiger partial charge in [0.2, 0.25) is 17.6 Å². The van der Waals surface area contributed by atoms with E-state index in [0.29, 0.717) is 23.7 Å². The average molecular weight is 434 g/mol. The number of hydrogen-bond acceptors (Lipinski definition) is 6. The van der Waals surface area contributed by atoms with Crippen LogP contribution in [0.4, 0.5) is 0 Å². The molecule has 2 aliphatic rings. The predicted molar refractivity (Wildman–Crippen MR) is 118 cm³/mol. The van der Waals surface area contributed by atoms with Gasteiger partial charge in [-0.15, -0.1) is 12.4 Å². The molecule has 2 fully saturated rings. The summed E-state index contributed by atoms with van der Waals surface area (Å²) in [5.41, 5.74) is 2.17. The topological polar surface area (TPSA) is 74.5 Å². The minimum atomic E-state index is 0. The fourth-order valence-corrected chi connectivity index (χ4v) is 4.32. The Bertz CT molecular complexity index is 832. The summed E-state index contributed by atoms with van der Waals surface area (Å²) in [6.07, 6.45) is 1.89. The fraction of sp³-hybridized carbons (Fsp3) is 0.591. The molecule has 3 atom stereocenters. The normalized spacial score (nSPS) is 23.6. The van der Waals surface area contributed by atoms with Gasteiger partial charge in [-0.2, -0.15) is 4.98 Å². The Kier molecular flexibility index (Phi) is 7.50. The summed E-state index contributed by atoms with van der Waals surface area (Å²) in [5.74, 6) is 1.75. The van der Waals surface area contributed by atoms with Crippen molar-refractivity contribution in [1.82, 2.24) is 25.3 Å². The molecule has 1 aromatic heterocycles. The van der Waals surface area contributed by atoms with E-state index < -0.39 is 0 Å². The number of hydrogen-bond donors (Lipinski definition) is 1. The van der Waals surface area contributed by atoms with Crippen LogP contribution in [0.3, 0.4) is 0 Å². The molecular weight excluding hydrogens is 402 g/mol. The quantitative estimate of drug-likeness (QED) is 0.798. The van der Waals surface area contributed by atoms with Gasteiger partial charge in [-0.1, -0.05) is 35.0 Å². The molecule has 3 heterocycles. The molecule has 8 heteroatoms. The molecule has 4 rings (SSSR count). The first-order chi connectivity index (χ1) is 14.0. The molecule has 164 valence electrons. The summed E-state index contributed by atoms with van der Waals surface area (Å²) < 4.78 is 5.56. The Hall–Kier alpha value is -1.96. The van der Waals surface area contributed by atoms with Crippen LogP contribution in [0, 0.1) is 12.8 Å². The summed E-state index contributed by atoms with van der Waals surface area (Å²) in [4.78, 5) is 21.8. The number of aromatic nitrogens is 2. The number of nitrogens with one attached hydrogen (secondary N) is 1. The number of benzene rings is 1. The first-order valence-corrected chi connectivity index (χ1v) is 10.7. The largest absolute Gasteiger partial charge is 0.340 e. The lowest BCUT2D eigenvalue weighted by molar-refractivity contribution is -0.138. The highest BCUT2D eigenvalue weighted by atomic mass is 35.5. The standard InChI is InChI=1S/C22H31N5O2.ClH/c1-15-4-6-18(7-5-15)20-24-21(29-25-20)17(3)26-10-12-27(13-11-26)22(28)19-8-9-23-16(2)14-19;/h4-7,16-17,19,23H,8-14H2,1-3H3;1H/t16-,17?,19-;/m0./s1. The zero-order valence-corrected chi connectivity index (χ0v) is 18.8. The summed E-state index contributed by atoms with van der Waals surface area (Å²) in [6.45, 7) is 10.4. The molecule has 2 saturated heterocycles. The third-order valence-electron chi connectivity index (χ3n) is 6.26. The molecule has 0 saturated carbocycles. The predicted octanol–water partition coefficient (Wildman–Crippen LogP) is 3.06. The molecule has 2 aliphatic heterocycles. The minimum Gasteiger partial charge on any atom is -0.340 e. The van der Waals surface area contributed by atoms with Gasteiger partial charge >= 0.3 is 0 Å². The third-order valence-corrected chi connectivity index (χ3v) is 6.26. The average Bonchev–Trinajstić information content (AvgIpc) is 3.23. The van der Waals surface area contributed by atoms with Gasteiger partial charge in [-0.25, -0.2) is 0 Å². The Morgan fingerprint density at radius 1 is 1.20 bits per heavy atom. The second kappa shape index (κ2) is 9.90. The molecule has 1 unspecified atom stereocenters. The van der Waals surface area contributed by atoms with Gasteiger partial charge in [0.05, 0.1) is 6.04 Å². The molecular formula is C22H32ClN5O2. The molecule has 2 aromatic rings. The van der Waals surface area contributed by atoms with Gasteiger partial charge in [0, 0.05) is 43.7 Å². The zero-order chi connectivity index (χ0) is 20.4. The lowest BCUT2D eigenvalue weighted by Crippen LogP contribution is -2.52. The van der Waals surface area contributed by atoms with Gasteiger partial charge in [0.15, 0.2) is 0 Å². The zero-order valence-electron chi connectivity index (χ0n) is 18.0. The van der Waals surface area contributed by atoms with Gasteiger partial charge in [-0.3, -0.25) is 9.69 Å². The molecule has 30 heavy (non-hydrogen) atoms. The van der Waals surface area contributed by atoms with Gasteiger partial charge in [0.1, 0.15) is 0 Å². The van der Waals surface area contributed by atoms with E-state index in [4.69, 9.17) is 4.52 Å². The van der Waals surface area contributed by atoms with E-state index in [0.717, 1.165) is 51.1 Å². The number of carbonyl (C=O) groups is 1. The van der Waals surface area contributed by atoms with E-state index >= 15 is 0 Å². The molecule has 0 aliphatic carbocycles. The smallest absolute Gasteiger partial charge is 0.244 e. The summed E-state index contributed by atoms with van der Waals surface area (Å²) in [5, 5.41) is 7.58. The molecule has 0 bridgehead atoms. The SMILES string of the molecule is Cc1ccc(-c2noc(C(C)N3CCN(C(=O)[C@H]4CCN[C@@H](C)C4)CC3)n2)cc1.Cl. The molecule has 0 radical (unpaired) electrons. The number of amides is 1. The van der Waals surface area contributed by atoms with Crippen LogP contribution in [-0.2, 0) is 4.79 Å². The second-order valence-corrected chi connectivity index (χ2v) is 8.44. The van der Waals surface area contributed by atoms with Crippen molar-refractivity contribution in [3.8, 4) is 11.4 Å². The van der Waals surface area contributed by atoms with Gasteiger partial charge in [-0.05, 0) is 40.2 Å². The van der Waals surface area contributed by atoms with E-state index in [9.17, 15) is 4.79 Å². The molecule has 7 nitrogen and oxygen atoms in total. The van der Waals surface area contributed by atoms with Crippen LogP contribution in [0.2, 0.25) is 0 Å². The number of halogens is 1. The van der Waals surface area contributed by atoms with E-state index in [1.54, 1.807) is 0 Å². The summed E-state index contributed by atoms with van der Waals surface area (Å²) in [7, 11) is 0. The molecule has 1 N–H and O–H groups in total. The van der Waals surface area contributed by atoms with Crippen molar-refractivity contribution in [2.75, 3.05) is 32.7 Å². The van der Waals surface area contributed by atoms with Crippen molar-refractivity contribution >= 4 is 18.3 Å². The molecule has 1 amide bonds. The van der Waals surface area contributed by atoms with Gasteiger partial charge in [0.25, 0.3) is 0 Å². The van der Waals surface area contributed by atoms with Gasteiger partial charge < -0.3 is 14.7 Å². The highest BCUT2D eigenvalue weighted by molar-refractivity contribution is 5.85. The number of aryl methyl sites for hydroxylation is 1. The number of rotatable bonds is 4. The van der Waals surface area contributed by atoms with E-state index in [1.807, 2.05) is 29.2 Å². The van der Waals surface area contributed by atoms with Crippen molar-refractivity contribution in [3.05, 3.63) is 35.7 Å². The van der Waals surface area contributed by atoms with Crippen molar-refractivity contribution in [2.45, 2.75) is 45.7 Å². The van der Waals surface area contributed by atoms with Crippen molar-refractivity contribution in [2.24, 2.45) is 5.92 Å². The fourth-order valence-electron chi connectivity index (χ4n) is 4.32. The Labute approximate surface area is 184 Å². The first-order valence-electron chi connectivity index (χ1n) is 10.7.